The van der Waals surface area contributed by atoms with Gasteiger partial charge >= 0.3 is 0 Å². The summed E-state index contributed by atoms with van der Waals surface area (Å²) in [6, 6.07) is 6.94. The van der Waals surface area contributed by atoms with Crippen LogP contribution in [0.1, 0.15) is 31.9 Å². The summed E-state index contributed by atoms with van der Waals surface area (Å²) >= 11 is 0. The van der Waals surface area contributed by atoms with Gasteiger partial charge in [0, 0.05) is 6.54 Å². The molecule has 0 aliphatic carbocycles. The Balaban J connectivity index is 0.00000324. The molecule has 0 saturated carbocycles. The number of nitrogens with two attached hydrogens (primary N) is 1. The number of hydrogen-bond donors (Lipinski definition) is 3. The van der Waals surface area contributed by atoms with Gasteiger partial charge in [0.1, 0.15) is 0 Å². The fourth-order valence-corrected chi connectivity index (χ4v) is 1.53. The van der Waals surface area contributed by atoms with Crippen molar-refractivity contribution in [3.05, 3.63) is 35.4 Å². The highest BCUT2D eigenvalue weighted by Gasteiger charge is 2.26. The number of rotatable bonds is 4. The predicted octanol–water partition coefficient (Wildman–Crippen LogP) is 1.59. The third-order valence-corrected chi connectivity index (χ3v) is 2.86. The molecule has 1 aromatic carbocycles. The summed E-state index contributed by atoms with van der Waals surface area (Å²) in [5.74, 6) is -0.156. The van der Waals surface area contributed by atoms with Crippen LogP contribution < -0.4 is 11.1 Å². The minimum atomic E-state index is -0.529. The molecule has 0 saturated heterocycles. The first-order chi connectivity index (χ1) is 8.34. The molecule has 0 aliphatic heterocycles. The Morgan fingerprint density at radius 3 is 2.47 bits per heavy atom. The SMILES string of the molecule is CC(C)(C)[C@H](N)C(=O)NCc1cccc(CO)c1.Cl. The molecule has 5 heteroatoms. The smallest absolute Gasteiger partial charge is 0.237 e. The van der Waals surface area contributed by atoms with Crippen LogP contribution in [0.4, 0.5) is 0 Å². The van der Waals surface area contributed by atoms with Crippen molar-refractivity contribution < 1.29 is 9.90 Å². The van der Waals surface area contributed by atoms with Crippen LogP contribution in [-0.4, -0.2) is 17.1 Å². The molecule has 0 unspecified atom stereocenters. The van der Waals surface area contributed by atoms with Gasteiger partial charge in [-0.2, -0.15) is 0 Å². The van der Waals surface area contributed by atoms with Crippen LogP contribution in [-0.2, 0) is 17.9 Å². The van der Waals surface area contributed by atoms with Gasteiger partial charge in [0.15, 0.2) is 0 Å². The van der Waals surface area contributed by atoms with Gasteiger partial charge in [0.2, 0.25) is 5.91 Å². The summed E-state index contributed by atoms with van der Waals surface area (Å²) < 4.78 is 0. The average molecular weight is 287 g/mol. The summed E-state index contributed by atoms with van der Waals surface area (Å²) in [6.45, 7) is 6.23. The Kier molecular flexibility index (Phi) is 7.05. The van der Waals surface area contributed by atoms with Gasteiger partial charge in [0.05, 0.1) is 12.6 Å². The van der Waals surface area contributed by atoms with Crippen LogP contribution in [0.3, 0.4) is 0 Å². The van der Waals surface area contributed by atoms with E-state index in [9.17, 15) is 4.79 Å². The molecule has 1 aromatic rings. The van der Waals surface area contributed by atoms with Crippen molar-refractivity contribution in [2.45, 2.75) is 40.0 Å². The van der Waals surface area contributed by atoms with E-state index in [-0.39, 0.29) is 30.3 Å². The molecule has 4 nitrogen and oxygen atoms in total. The molecule has 19 heavy (non-hydrogen) atoms. The predicted molar refractivity (Wildman–Crippen MR) is 78.9 cm³/mol. The Bertz CT molecular complexity index is 416. The molecular formula is C14H23ClN2O2. The van der Waals surface area contributed by atoms with E-state index >= 15 is 0 Å². The van der Waals surface area contributed by atoms with Crippen LogP contribution >= 0.6 is 12.4 Å². The largest absolute Gasteiger partial charge is 0.392 e. The zero-order valence-corrected chi connectivity index (χ0v) is 12.5. The van der Waals surface area contributed by atoms with E-state index in [0.29, 0.717) is 6.54 Å². The van der Waals surface area contributed by atoms with Gasteiger partial charge in [-0.15, -0.1) is 12.4 Å². The molecular weight excluding hydrogens is 264 g/mol. The fourth-order valence-electron chi connectivity index (χ4n) is 1.53. The van der Waals surface area contributed by atoms with Crippen LogP contribution in [0.15, 0.2) is 24.3 Å². The second-order valence-corrected chi connectivity index (χ2v) is 5.54. The maximum atomic E-state index is 11.8. The number of carbonyl (C=O) groups excluding carboxylic acids is 1. The number of hydrogen-bond acceptors (Lipinski definition) is 3. The minimum Gasteiger partial charge on any atom is -0.392 e. The first-order valence-electron chi connectivity index (χ1n) is 6.06. The molecule has 108 valence electrons. The highest BCUT2D eigenvalue weighted by atomic mass is 35.5. The maximum Gasteiger partial charge on any atom is 0.237 e. The van der Waals surface area contributed by atoms with Gasteiger partial charge in [-0.1, -0.05) is 45.0 Å². The fraction of sp³-hybridized carbons (Fsp3) is 0.500. The van der Waals surface area contributed by atoms with Gasteiger partial charge in [0.25, 0.3) is 0 Å². The lowest BCUT2D eigenvalue weighted by Gasteiger charge is -2.25. The normalized spacial score (nSPS) is 12.5. The van der Waals surface area contributed by atoms with Crippen molar-refractivity contribution in [3.63, 3.8) is 0 Å². The Hall–Kier alpha value is -1.10. The number of amides is 1. The first kappa shape index (κ1) is 17.9. The molecule has 1 amide bonds. The molecule has 0 aliphatic rings. The third kappa shape index (κ3) is 5.59. The van der Waals surface area contributed by atoms with E-state index in [4.69, 9.17) is 10.8 Å². The Morgan fingerprint density at radius 2 is 1.95 bits per heavy atom. The summed E-state index contributed by atoms with van der Waals surface area (Å²) in [4.78, 5) is 11.8. The number of carbonyl (C=O) groups is 1. The number of nitrogens with one attached hydrogen (secondary N) is 1. The molecule has 0 fully saturated rings. The average Bonchev–Trinajstić information content (AvgIpc) is 2.34. The second kappa shape index (κ2) is 7.48. The van der Waals surface area contributed by atoms with Crippen LogP contribution in [0.5, 0.6) is 0 Å². The molecule has 4 N–H and O–H groups in total. The van der Waals surface area contributed by atoms with Crippen molar-refractivity contribution in [2.75, 3.05) is 0 Å². The van der Waals surface area contributed by atoms with Crippen molar-refractivity contribution in [3.8, 4) is 0 Å². The Labute approximate surface area is 120 Å². The number of aliphatic hydroxyl groups excluding tert-OH is 1. The second-order valence-electron chi connectivity index (χ2n) is 5.54. The van der Waals surface area contributed by atoms with Crippen LogP contribution in [0, 0.1) is 5.41 Å². The van der Waals surface area contributed by atoms with Gasteiger partial charge in [-0.3, -0.25) is 4.79 Å². The molecule has 0 bridgehead atoms. The van der Waals surface area contributed by atoms with E-state index in [1.54, 1.807) is 0 Å². The lowest BCUT2D eigenvalue weighted by molar-refractivity contribution is -0.124. The highest BCUT2D eigenvalue weighted by molar-refractivity contribution is 5.85. The van der Waals surface area contributed by atoms with Crippen molar-refractivity contribution in [1.29, 1.82) is 0 Å². The lowest BCUT2D eigenvalue weighted by atomic mass is 9.87. The summed E-state index contributed by atoms with van der Waals surface area (Å²) in [5, 5.41) is 11.8. The number of benzene rings is 1. The van der Waals surface area contributed by atoms with Crippen LogP contribution in [0.25, 0.3) is 0 Å². The zero-order chi connectivity index (χ0) is 13.8. The van der Waals surface area contributed by atoms with Gasteiger partial charge < -0.3 is 16.2 Å². The van der Waals surface area contributed by atoms with Gasteiger partial charge in [-0.05, 0) is 16.5 Å². The van der Waals surface area contributed by atoms with Crippen molar-refractivity contribution in [2.24, 2.45) is 11.1 Å². The number of aliphatic hydroxyl groups is 1. The standard InChI is InChI=1S/C14H22N2O2.ClH/c1-14(2,3)12(15)13(18)16-8-10-5-4-6-11(7-10)9-17;/h4-7,12,17H,8-9,15H2,1-3H3,(H,16,18);1H/t12-;/m1./s1. The molecule has 1 atom stereocenters. The van der Waals surface area contributed by atoms with Gasteiger partial charge in [-0.25, -0.2) is 0 Å². The molecule has 0 radical (unpaired) electrons. The highest BCUT2D eigenvalue weighted by Crippen LogP contribution is 2.17. The van der Waals surface area contributed by atoms with Crippen molar-refractivity contribution in [1.82, 2.24) is 5.32 Å². The monoisotopic (exact) mass is 286 g/mol. The summed E-state index contributed by atoms with van der Waals surface area (Å²) in [7, 11) is 0. The maximum absolute atomic E-state index is 11.8. The first-order valence-corrected chi connectivity index (χ1v) is 6.06. The van der Waals surface area contributed by atoms with Crippen molar-refractivity contribution >= 4 is 18.3 Å². The lowest BCUT2D eigenvalue weighted by Crippen LogP contribution is -2.48. The van der Waals surface area contributed by atoms with Crippen LogP contribution in [0.2, 0.25) is 0 Å². The molecule has 0 aromatic heterocycles. The number of halogens is 1. The quantitative estimate of drug-likeness (QED) is 0.787. The van der Waals surface area contributed by atoms with E-state index < -0.39 is 6.04 Å². The molecule has 1 rings (SSSR count). The van der Waals surface area contributed by atoms with E-state index in [1.807, 2.05) is 45.0 Å². The minimum absolute atomic E-state index is 0. The summed E-state index contributed by atoms with van der Waals surface area (Å²) in [5.41, 5.74) is 7.40. The topological polar surface area (TPSA) is 75.4 Å². The molecule has 0 spiro atoms. The Morgan fingerprint density at radius 1 is 1.37 bits per heavy atom. The van der Waals surface area contributed by atoms with E-state index in [1.165, 1.54) is 0 Å². The van der Waals surface area contributed by atoms with E-state index in [0.717, 1.165) is 11.1 Å². The third-order valence-electron chi connectivity index (χ3n) is 2.86. The zero-order valence-electron chi connectivity index (χ0n) is 11.6. The van der Waals surface area contributed by atoms with E-state index in [2.05, 4.69) is 5.32 Å². The summed E-state index contributed by atoms with van der Waals surface area (Å²) in [6.07, 6.45) is 0. The molecule has 0 heterocycles.